The normalized spacial score (nSPS) is 10.8. The Hall–Kier alpha value is -2.27. The first-order valence-corrected chi connectivity index (χ1v) is 6.80. The van der Waals surface area contributed by atoms with Gasteiger partial charge in [-0.25, -0.2) is 4.98 Å². The number of hydrogen-bond donors (Lipinski definition) is 1. The molecular weight excluding hydrogens is 268 g/mol. The monoisotopic (exact) mass is 282 g/mol. The van der Waals surface area contributed by atoms with Crippen LogP contribution < -0.4 is 5.73 Å². The van der Waals surface area contributed by atoms with Crippen LogP contribution in [0.3, 0.4) is 0 Å². The lowest BCUT2D eigenvalue weighted by atomic mass is 10.2. The summed E-state index contributed by atoms with van der Waals surface area (Å²) in [6.07, 6.45) is 4.20. The molecule has 0 fully saturated rings. The minimum Gasteiger partial charge on any atom is -0.393 e. The molecule has 100 valence electrons. The summed E-state index contributed by atoms with van der Waals surface area (Å²) >= 11 is 4.99. The van der Waals surface area contributed by atoms with Crippen LogP contribution in [0.5, 0.6) is 0 Å². The molecule has 0 unspecified atom stereocenters. The highest BCUT2D eigenvalue weighted by Gasteiger charge is 2.12. The van der Waals surface area contributed by atoms with Crippen LogP contribution in [0.25, 0.3) is 22.4 Å². The van der Waals surface area contributed by atoms with E-state index in [1.807, 2.05) is 30.3 Å². The fraction of sp³-hybridized carbons (Fsp3) is 0.133. The van der Waals surface area contributed by atoms with Crippen molar-refractivity contribution in [1.82, 2.24) is 14.5 Å². The molecule has 0 radical (unpaired) electrons. The Labute approximate surface area is 122 Å². The molecular formula is C15H14N4S. The van der Waals surface area contributed by atoms with Gasteiger partial charge < -0.3 is 10.3 Å². The molecule has 2 heterocycles. The number of aryl methyl sites for hydroxylation is 1. The molecule has 3 rings (SSSR count). The second-order valence-electron chi connectivity index (χ2n) is 4.53. The molecule has 1 aromatic carbocycles. The standard InChI is InChI=1S/C15H14N4S/c16-14(20)7-10-19-13-4-2-1-3-12(13)18-15(19)11-5-8-17-9-6-11/h1-6,8-9H,7,10H2,(H2,16,20). The minimum absolute atomic E-state index is 0.517. The lowest BCUT2D eigenvalue weighted by Gasteiger charge is -2.08. The molecule has 0 aliphatic carbocycles. The highest BCUT2D eigenvalue weighted by molar-refractivity contribution is 7.80. The van der Waals surface area contributed by atoms with Gasteiger partial charge in [-0.1, -0.05) is 24.4 Å². The zero-order valence-electron chi connectivity index (χ0n) is 10.9. The average Bonchev–Trinajstić information content (AvgIpc) is 2.84. The van der Waals surface area contributed by atoms with Crippen molar-refractivity contribution in [2.45, 2.75) is 13.0 Å². The highest BCUT2D eigenvalue weighted by Crippen LogP contribution is 2.24. The maximum atomic E-state index is 5.63. The number of aromatic nitrogens is 3. The SMILES string of the molecule is NC(=S)CCn1c(-c2ccncc2)nc2ccccc21. The van der Waals surface area contributed by atoms with Crippen LogP contribution in [0.2, 0.25) is 0 Å². The van der Waals surface area contributed by atoms with Crippen molar-refractivity contribution in [1.29, 1.82) is 0 Å². The molecule has 0 atom stereocenters. The predicted octanol–water partition coefficient (Wildman–Crippen LogP) is 2.77. The number of para-hydroxylation sites is 2. The summed E-state index contributed by atoms with van der Waals surface area (Å²) < 4.78 is 2.16. The molecule has 0 bridgehead atoms. The summed E-state index contributed by atoms with van der Waals surface area (Å²) in [6, 6.07) is 12.0. The number of fused-ring (bicyclic) bond motifs is 1. The summed E-state index contributed by atoms with van der Waals surface area (Å²) in [5.41, 5.74) is 8.74. The van der Waals surface area contributed by atoms with E-state index in [0.29, 0.717) is 11.4 Å². The molecule has 0 aliphatic heterocycles. The van der Waals surface area contributed by atoms with Crippen LogP contribution in [-0.2, 0) is 6.54 Å². The average molecular weight is 282 g/mol. The Kier molecular flexibility index (Phi) is 3.43. The lowest BCUT2D eigenvalue weighted by molar-refractivity contribution is 0.756. The Balaban J connectivity index is 2.15. The largest absolute Gasteiger partial charge is 0.393 e. The number of imidazole rings is 1. The highest BCUT2D eigenvalue weighted by atomic mass is 32.1. The van der Waals surface area contributed by atoms with Crippen molar-refractivity contribution in [2.24, 2.45) is 5.73 Å². The molecule has 0 saturated heterocycles. The van der Waals surface area contributed by atoms with E-state index in [4.69, 9.17) is 22.9 Å². The van der Waals surface area contributed by atoms with Gasteiger partial charge in [-0.05, 0) is 24.3 Å². The minimum atomic E-state index is 0.517. The maximum Gasteiger partial charge on any atom is 0.141 e. The van der Waals surface area contributed by atoms with Crippen molar-refractivity contribution in [3.8, 4) is 11.4 Å². The molecule has 0 spiro atoms. The summed E-state index contributed by atoms with van der Waals surface area (Å²) in [5.74, 6) is 0.921. The van der Waals surface area contributed by atoms with E-state index in [0.717, 1.165) is 29.0 Å². The van der Waals surface area contributed by atoms with Gasteiger partial charge in [0.25, 0.3) is 0 Å². The maximum absolute atomic E-state index is 5.63. The first-order valence-electron chi connectivity index (χ1n) is 6.39. The zero-order valence-corrected chi connectivity index (χ0v) is 11.7. The van der Waals surface area contributed by atoms with Crippen molar-refractivity contribution >= 4 is 28.2 Å². The molecule has 3 aromatic rings. The van der Waals surface area contributed by atoms with Gasteiger partial charge in [0.1, 0.15) is 5.82 Å². The number of pyridine rings is 1. The lowest BCUT2D eigenvalue weighted by Crippen LogP contribution is -2.12. The van der Waals surface area contributed by atoms with Crippen LogP contribution in [0, 0.1) is 0 Å². The van der Waals surface area contributed by atoms with Crippen LogP contribution in [0.1, 0.15) is 6.42 Å². The van der Waals surface area contributed by atoms with Crippen molar-refractivity contribution < 1.29 is 0 Å². The van der Waals surface area contributed by atoms with Gasteiger partial charge in [0.15, 0.2) is 0 Å². The fourth-order valence-electron chi connectivity index (χ4n) is 2.25. The van der Waals surface area contributed by atoms with Gasteiger partial charge in [-0.15, -0.1) is 0 Å². The number of thiocarbonyl (C=S) groups is 1. The van der Waals surface area contributed by atoms with E-state index >= 15 is 0 Å². The number of nitrogens with two attached hydrogens (primary N) is 1. The van der Waals surface area contributed by atoms with Gasteiger partial charge in [0.2, 0.25) is 0 Å². The van der Waals surface area contributed by atoms with E-state index < -0.39 is 0 Å². The topological polar surface area (TPSA) is 56.7 Å². The number of rotatable bonds is 4. The predicted molar refractivity (Wildman–Crippen MR) is 84.4 cm³/mol. The van der Waals surface area contributed by atoms with Gasteiger partial charge in [0, 0.05) is 30.9 Å². The third-order valence-corrected chi connectivity index (χ3v) is 3.38. The van der Waals surface area contributed by atoms with Crippen LogP contribution in [-0.4, -0.2) is 19.5 Å². The molecule has 20 heavy (non-hydrogen) atoms. The van der Waals surface area contributed by atoms with Crippen molar-refractivity contribution in [3.05, 3.63) is 48.8 Å². The van der Waals surface area contributed by atoms with E-state index in [9.17, 15) is 0 Å². The molecule has 2 N–H and O–H groups in total. The van der Waals surface area contributed by atoms with Crippen molar-refractivity contribution in [2.75, 3.05) is 0 Å². The second kappa shape index (κ2) is 5.38. The van der Waals surface area contributed by atoms with Crippen molar-refractivity contribution in [3.63, 3.8) is 0 Å². The Morgan fingerprint density at radius 2 is 1.90 bits per heavy atom. The van der Waals surface area contributed by atoms with E-state index in [1.54, 1.807) is 12.4 Å². The summed E-state index contributed by atoms with van der Waals surface area (Å²) in [6.45, 7) is 0.730. The second-order valence-corrected chi connectivity index (χ2v) is 5.05. The molecule has 0 amide bonds. The first-order chi connectivity index (χ1) is 9.75. The van der Waals surface area contributed by atoms with Crippen LogP contribution in [0.4, 0.5) is 0 Å². The fourth-order valence-corrected chi connectivity index (χ4v) is 2.34. The molecule has 0 saturated carbocycles. The van der Waals surface area contributed by atoms with Gasteiger partial charge in [-0.3, -0.25) is 4.98 Å². The quantitative estimate of drug-likeness (QED) is 0.748. The summed E-state index contributed by atoms with van der Waals surface area (Å²) in [4.78, 5) is 9.28. The Morgan fingerprint density at radius 3 is 2.65 bits per heavy atom. The van der Waals surface area contributed by atoms with Crippen LogP contribution in [0.15, 0.2) is 48.8 Å². The van der Waals surface area contributed by atoms with E-state index in [1.165, 1.54) is 0 Å². The molecule has 4 nitrogen and oxygen atoms in total. The van der Waals surface area contributed by atoms with Gasteiger partial charge >= 0.3 is 0 Å². The number of benzene rings is 1. The van der Waals surface area contributed by atoms with E-state index in [2.05, 4.69) is 15.6 Å². The van der Waals surface area contributed by atoms with Gasteiger partial charge in [0.05, 0.1) is 16.0 Å². The third-order valence-electron chi connectivity index (χ3n) is 3.17. The number of hydrogen-bond acceptors (Lipinski definition) is 3. The summed E-state index contributed by atoms with van der Waals surface area (Å²) in [5, 5.41) is 0. The Bertz CT molecular complexity index is 749. The smallest absolute Gasteiger partial charge is 0.141 e. The Morgan fingerprint density at radius 1 is 1.15 bits per heavy atom. The molecule has 5 heteroatoms. The molecule has 2 aromatic heterocycles. The zero-order chi connectivity index (χ0) is 13.9. The summed E-state index contributed by atoms with van der Waals surface area (Å²) in [7, 11) is 0. The first kappa shape index (κ1) is 12.7. The number of nitrogens with zero attached hydrogens (tertiary/aromatic N) is 3. The van der Waals surface area contributed by atoms with Gasteiger partial charge in [-0.2, -0.15) is 0 Å². The molecule has 0 aliphatic rings. The third kappa shape index (κ3) is 2.40. The van der Waals surface area contributed by atoms with E-state index in [-0.39, 0.29) is 0 Å². The van der Waals surface area contributed by atoms with Crippen LogP contribution >= 0.6 is 12.2 Å².